The summed E-state index contributed by atoms with van der Waals surface area (Å²) in [7, 11) is -8.11. The van der Waals surface area contributed by atoms with Crippen LogP contribution in [0.3, 0.4) is 0 Å². The summed E-state index contributed by atoms with van der Waals surface area (Å²) in [5.41, 5.74) is 3.05. The van der Waals surface area contributed by atoms with Crippen molar-refractivity contribution in [3.8, 4) is 11.5 Å². The molecule has 0 radical (unpaired) electrons. The smallest absolute Gasteiger partial charge is 0.265 e. The van der Waals surface area contributed by atoms with E-state index in [1.54, 1.807) is 0 Å². The summed E-state index contributed by atoms with van der Waals surface area (Å²) >= 11 is 0. The number of aromatic nitrogens is 1. The van der Waals surface area contributed by atoms with Gasteiger partial charge in [0.05, 0.1) is 17.1 Å². The molecule has 0 saturated heterocycles. The number of hydrogen-bond donors (Lipinski definition) is 2. The number of rotatable bonds is 9. The normalized spacial score (nSPS) is 16.2. The first-order valence-electron chi connectivity index (χ1n) is 13.9. The molecule has 2 aromatic carbocycles. The Balaban J connectivity index is 1.57. The third kappa shape index (κ3) is 6.81. The molecule has 0 unspecified atom stereocenters. The zero-order valence-corrected chi connectivity index (χ0v) is 24.4. The molecule has 3 aromatic rings. The molecule has 41 heavy (non-hydrogen) atoms. The second-order valence-corrected chi connectivity index (χ2v) is 14.2. The molecule has 5 rings (SSSR count). The van der Waals surface area contributed by atoms with E-state index < -0.39 is 36.6 Å². The Morgan fingerprint density at radius 3 is 2.34 bits per heavy atom. The van der Waals surface area contributed by atoms with Gasteiger partial charge in [-0.05, 0) is 87.4 Å². The Bertz CT molecular complexity index is 1660. The zero-order chi connectivity index (χ0) is 29.2. The Labute approximate surface area is 239 Å². The molecule has 0 spiro atoms. The summed E-state index contributed by atoms with van der Waals surface area (Å²) in [6.07, 6.45) is 8.69. The Kier molecular flexibility index (Phi) is 8.51. The highest BCUT2D eigenvalue weighted by atomic mass is 32.2. The largest absolute Gasteiger partial charge is 0.453 e. The van der Waals surface area contributed by atoms with Gasteiger partial charge in [0.1, 0.15) is 16.5 Å². The van der Waals surface area contributed by atoms with Crippen LogP contribution < -0.4 is 14.2 Å². The van der Waals surface area contributed by atoms with Gasteiger partial charge in [0.25, 0.3) is 10.0 Å². The Hall–Kier alpha value is -3.25. The van der Waals surface area contributed by atoms with Gasteiger partial charge in [0.15, 0.2) is 11.6 Å². The molecule has 0 amide bonds. The van der Waals surface area contributed by atoms with Gasteiger partial charge in [-0.1, -0.05) is 19.3 Å². The molecule has 2 aliphatic rings. The van der Waals surface area contributed by atoms with Crippen molar-refractivity contribution >= 4 is 31.4 Å². The van der Waals surface area contributed by atoms with E-state index in [9.17, 15) is 25.6 Å². The molecular formula is C29H33F2N3O5S2. The Morgan fingerprint density at radius 1 is 0.878 bits per heavy atom. The van der Waals surface area contributed by atoms with E-state index in [2.05, 4.69) is 9.44 Å². The third-order valence-corrected chi connectivity index (χ3v) is 10.3. The number of pyridine rings is 1. The van der Waals surface area contributed by atoms with Gasteiger partial charge in [-0.15, -0.1) is 0 Å². The summed E-state index contributed by atoms with van der Waals surface area (Å²) in [6, 6.07) is 8.17. The highest BCUT2D eigenvalue weighted by molar-refractivity contribution is 7.93. The van der Waals surface area contributed by atoms with Crippen LogP contribution in [-0.2, 0) is 32.9 Å². The lowest BCUT2D eigenvalue weighted by atomic mass is 9.85. The summed E-state index contributed by atoms with van der Waals surface area (Å²) in [4.78, 5) is 4.54. The maximum Gasteiger partial charge on any atom is 0.265 e. The lowest BCUT2D eigenvalue weighted by Gasteiger charge is -2.26. The number of hydrogen-bond acceptors (Lipinski definition) is 6. The number of fused-ring (bicyclic) bond motifs is 1. The minimum absolute atomic E-state index is 0.00111. The van der Waals surface area contributed by atoms with Gasteiger partial charge in [-0.2, -0.15) is 0 Å². The number of halogens is 2. The van der Waals surface area contributed by atoms with Gasteiger partial charge < -0.3 is 4.74 Å². The first-order valence-corrected chi connectivity index (χ1v) is 17.0. The molecule has 0 bridgehead atoms. The first-order chi connectivity index (χ1) is 19.5. The zero-order valence-electron chi connectivity index (χ0n) is 22.8. The molecular weight excluding hydrogens is 572 g/mol. The van der Waals surface area contributed by atoms with Gasteiger partial charge in [-0.3, -0.25) is 14.4 Å². The summed E-state index contributed by atoms with van der Waals surface area (Å²) in [5.74, 6) is -2.43. The van der Waals surface area contributed by atoms with E-state index in [0.29, 0.717) is 18.2 Å². The van der Waals surface area contributed by atoms with Gasteiger partial charge in [-0.25, -0.2) is 25.6 Å². The highest BCUT2D eigenvalue weighted by Gasteiger charge is 2.27. The van der Waals surface area contributed by atoms with Gasteiger partial charge >= 0.3 is 0 Å². The van der Waals surface area contributed by atoms with E-state index in [-0.39, 0.29) is 28.9 Å². The van der Waals surface area contributed by atoms with Crippen LogP contribution in [0.5, 0.6) is 11.5 Å². The van der Waals surface area contributed by atoms with Crippen LogP contribution in [0, 0.1) is 11.6 Å². The van der Waals surface area contributed by atoms with E-state index in [0.717, 1.165) is 80.1 Å². The average Bonchev–Trinajstić information content (AvgIpc) is 2.95. The van der Waals surface area contributed by atoms with Crippen LogP contribution in [0.4, 0.5) is 20.2 Å². The minimum atomic E-state index is -4.38. The van der Waals surface area contributed by atoms with Crippen molar-refractivity contribution in [1.82, 2.24) is 4.98 Å². The monoisotopic (exact) mass is 605 g/mol. The SMILES string of the molecule is CCS(=O)(=O)Nc1ccc(Oc2ccc(F)cc2F)c(S(=O)(=O)Nc2cc(C3CCCCC3)nc3c2CCCC3)c1. The quantitative estimate of drug-likeness (QED) is 0.283. The standard InChI is InChI=1S/C29H33F2N3O5S2/c1-2-40(35,36)33-21-13-15-28(39-27-14-12-20(30)16-23(27)31)29(17-21)41(37,38)34-26-18-25(19-8-4-3-5-9-19)32-24-11-7-6-10-22(24)26/h12-19,33H,2-11H2,1H3,(H,32,34). The lowest BCUT2D eigenvalue weighted by molar-refractivity contribution is 0.428. The highest BCUT2D eigenvalue weighted by Crippen LogP contribution is 2.38. The van der Waals surface area contributed by atoms with E-state index >= 15 is 0 Å². The number of nitrogens with zero attached hydrogens (tertiary/aromatic N) is 1. The van der Waals surface area contributed by atoms with Crippen LogP contribution in [0.15, 0.2) is 47.4 Å². The van der Waals surface area contributed by atoms with Crippen molar-refractivity contribution < 1.29 is 30.4 Å². The lowest BCUT2D eigenvalue weighted by Crippen LogP contribution is -2.20. The fraction of sp³-hybridized carbons (Fsp3) is 0.414. The maximum atomic E-state index is 14.4. The molecule has 2 aliphatic carbocycles. The molecule has 1 saturated carbocycles. The molecule has 1 fully saturated rings. The fourth-order valence-electron chi connectivity index (χ4n) is 5.42. The average molecular weight is 606 g/mol. The van der Waals surface area contributed by atoms with E-state index in [4.69, 9.17) is 9.72 Å². The summed E-state index contributed by atoms with van der Waals surface area (Å²) < 4.78 is 91.0. The first kappa shape index (κ1) is 29.2. The van der Waals surface area contributed by atoms with Crippen molar-refractivity contribution in [2.45, 2.75) is 75.5 Å². The molecule has 1 aromatic heterocycles. The van der Waals surface area contributed by atoms with Crippen LogP contribution in [0.2, 0.25) is 0 Å². The van der Waals surface area contributed by atoms with Crippen LogP contribution in [0.1, 0.15) is 74.7 Å². The van der Waals surface area contributed by atoms with Crippen LogP contribution in [0.25, 0.3) is 0 Å². The van der Waals surface area contributed by atoms with Gasteiger partial charge in [0.2, 0.25) is 10.0 Å². The van der Waals surface area contributed by atoms with Gasteiger partial charge in [0, 0.05) is 23.4 Å². The predicted octanol–water partition coefficient (Wildman–Crippen LogP) is 6.64. The Morgan fingerprint density at radius 2 is 1.61 bits per heavy atom. The number of benzene rings is 2. The summed E-state index contributed by atoms with van der Waals surface area (Å²) in [5, 5.41) is 0. The second-order valence-electron chi connectivity index (χ2n) is 10.5. The molecule has 0 atom stereocenters. The molecule has 2 N–H and O–H groups in total. The van der Waals surface area contributed by atoms with Crippen molar-refractivity contribution in [3.63, 3.8) is 0 Å². The number of nitrogens with one attached hydrogen (secondary N) is 2. The maximum absolute atomic E-state index is 14.4. The molecule has 0 aliphatic heterocycles. The topological polar surface area (TPSA) is 114 Å². The summed E-state index contributed by atoms with van der Waals surface area (Å²) in [6.45, 7) is 1.45. The minimum Gasteiger partial charge on any atom is -0.453 e. The molecule has 8 nitrogen and oxygen atoms in total. The van der Waals surface area contributed by atoms with E-state index in [1.165, 1.54) is 25.5 Å². The number of aryl methyl sites for hydroxylation is 1. The predicted molar refractivity (Wildman–Crippen MR) is 153 cm³/mol. The number of sulfonamides is 2. The van der Waals surface area contributed by atoms with Crippen LogP contribution >= 0.6 is 0 Å². The van der Waals surface area contributed by atoms with Crippen LogP contribution in [-0.4, -0.2) is 27.6 Å². The molecule has 220 valence electrons. The fourth-order valence-corrected chi connectivity index (χ4v) is 7.29. The number of ether oxygens (including phenoxy) is 1. The van der Waals surface area contributed by atoms with Crippen molar-refractivity contribution in [3.05, 3.63) is 71.1 Å². The second kappa shape index (κ2) is 11.9. The molecule has 12 heteroatoms. The van der Waals surface area contributed by atoms with E-state index in [1.807, 2.05) is 6.07 Å². The number of anilines is 2. The van der Waals surface area contributed by atoms with Crippen molar-refractivity contribution in [1.29, 1.82) is 0 Å². The molecule has 1 heterocycles. The third-order valence-electron chi connectivity index (χ3n) is 7.59. The van der Waals surface area contributed by atoms with Crippen molar-refractivity contribution in [2.24, 2.45) is 0 Å². The van der Waals surface area contributed by atoms with Crippen molar-refractivity contribution in [2.75, 3.05) is 15.2 Å².